The van der Waals surface area contributed by atoms with Crippen LogP contribution in [-0.4, -0.2) is 50.0 Å². The summed E-state index contributed by atoms with van der Waals surface area (Å²) in [5.74, 6) is 0.251. The van der Waals surface area contributed by atoms with Crippen LogP contribution in [0.25, 0.3) is 0 Å². The van der Waals surface area contributed by atoms with Crippen LogP contribution in [0.2, 0.25) is 0 Å². The Labute approximate surface area is 141 Å². The SMILES string of the molecule is CO[C@@H]1CC[C@@]2(OC)CCN(Cc3ccccc3OC(F)F)[C@H]2C1. The van der Waals surface area contributed by atoms with Crippen LogP contribution in [0.4, 0.5) is 8.78 Å². The van der Waals surface area contributed by atoms with E-state index in [1.807, 2.05) is 12.1 Å². The van der Waals surface area contributed by atoms with Crippen molar-refractivity contribution >= 4 is 0 Å². The van der Waals surface area contributed by atoms with Gasteiger partial charge in [-0.15, -0.1) is 0 Å². The number of para-hydroxylation sites is 1. The molecule has 4 nitrogen and oxygen atoms in total. The summed E-state index contributed by atoms with van der Waals surface area (Å²) in [4.78, 5) is 2.32. The Hall–Kier alpha value is -1.24. The van der Waals surface area contributed by atoms with E-state index < -0.39 is 6.61 Å². The quantitative estimate of drug-likeness (QED) is 0.793. The number of methoxy groups -OCH3 is 2. The molecule has 2 fully saturated rings. The van der Waals surface area contributed by atoms with E-state index in [9.17, 15) is 8.78 Å². The van der Waals surface area contributed by atoms with Gasteiger partial charge in [0, 0.05) is 38.9 Å². The molecule has 24 heavy (non-hydrogen) atoms. The summed E-state index contributed by atoms with van der Waals surface area (Å²) in [5.41, 5.74) is 0.636. The van der Waals surface area contributed by atoms with E-state index in [0.717, 1.165) is 37.8 Å². The first-order valence-corrected chi connectivity index (χ1v) is 8.42. The van der Waals surface area contributed by atoms with Crippen LogP contribution in [0.1, 0.15) is 31.2 Å². The summed E-state index contributed by atoms with van der Waals surface area (Å²) >= 11 is 0. The molecule has 3 rings (SSSR count). The molecule has 2 aliphatic rings. The molecular formula is C18H25F2NO3. The van der Waals surface area contributed by atoms with Gasteiger partial charge in [-0.2, -0.15) is 8.78 Å². The largest absolute Gasteiger partial charge is 0.434 e. The molecule has 1 aliphatic heterocycles. The summed E-state index contributed by atoms with van der Waals surface area (Å²) < 4.78 is 41.4. The number of fused-ring (bicyclic) bond motifs is 1. The molecule has 1 aromatic carbocycles. The fourth-order valence-corrected chi connectivity index (χ4v) is 4.22. The lowest BCUT2D eigenvalue weighted by Gasteiger charge is -2.43. The fourth-order valence-electron chi connectivity index (χ4n) is 4.22. The van der Waals surface area contributed by atoms with Gasteiger partial charge in [-0.3, -0.25) is 4.90 Å². The van der Waals surface area contributed by atoms with Crippen molar-refractivity contribution < 1.29 is 23.0 Å². The molecule has 1 aromatic rings. The second kappa shape index (κ2) is 7.33. The zero-order valence-electron chi connectivity index (χ0n) is 14.2. The van der Waals surface area contributed by atoms with Crippen molar-refractivity contribution in [2.75, 3.05) is 20.8 Å². The molecule has 6 heteroatoms. The number of ether oxygens (including phenoxy) is 3. The van der Waals surface area contributed by atoms with E-state index >= 15 is 0 Å². The van der Waals surface area contributed by atoms with Crippen molar-refractivity contribution in [1.82, 2.24) is 4.90 Å². The molecule has 1 saturated heterocycles. The third-order valence-corrected chi connectivity index (χ3v) is 5.55. The lowest BCUT2D eigenvalue weighted by Crippen LogP contribution is -2.51. The van der Waals surface area contributed by atoms with Crippen molar-refractivity contribution in [3.05, 3.63) is 29.8 Å². The number of alkyl halides is 2. The van der Waals surface area contributed by atoms with Crippen LogP contribution in [0.3, 0.4) is 0 Å². The first-order valence-electron chi connectivity index (χ1n) is 8.42. The topological polar surface area (TPSA) is 30.9 Å². The number of likely N-dealkylation sites (tertiary alicyclic amines) is 1. The average Bonchev–Trinajstić information content (AvgIpc) is 2.94. The van der Waals surface area contributed by atoms with Gasteiger partial charge in [-0.1, -0.05) is 18.2 Å². The van der Waals surface area contributed by atoms with Gasteiger partial charge in [0.1, 0.15) is 5.75 Å². The highest BCUT2D eigenvalue weighted by Gasteiger charge is 2.51. The van der Waals surface area contributed by atoms with Crippen LogP contribution in [0, 0.1) is 0 Å². The maximum Gasteiger partial charge on any atom is 0.387 e. The van der Waals surface area contributed by atoms with Gasteiger partial charge in [0.05, 0.1) is 11.7 Å². The summed E-state index contributed by atoms with van der Waals surface area (Å²) in [6.45, 7) is -1.34. The predicted octanol–water partition coefficient (Wildman–Crippen LogP) is 3.45. The summed E-state index contributed by atoms with van der Waals surface area (Å²) in [7, 11) is 3.52. The van der Waals surface area contributed by atoms with Crippen LogP contribution in [-0.2, 0) is 16.0 Å². The molecular weight excluding hydrogens is 316 g/mol. The smallest absolute Gasteiger partial charge is 0.387 e. The Morgan fingerprint density at radius 3 is 2.75 bits per heavy atom. The van der Waals surface area contributed by atoms with E-state index in [-0.39, 0.29) is 23.5 Å². The maximum atomic E-state index is 12.6. The van der Waals surface area contributed by atoms with Crippen LogP contribution >= 0.6 is 0 Å². The molecule has 0 amide bonds. The third kappa shape index (κ3) is 3.41. The number of benzene rings is 1. The molecule has 0 radical (unpaired) electrons. The third-order valence-electron chi connectivity index (χ3n) is 5.55. The second-order valence-corrected chi connectivity index (χ2v) is 6.62. The number of nitrogens with zero attached hydrogens (tertiary/aromatic N) is 1. The molecule has 0 spiro atoms. The molecule has 1 aliphatic carbocycles. The first kappa shape index (κ1) is 17.6. The van der Waals surface area contributed by atoms with E-state index in [1.165, 1.54) is 0 Å². The second-order valence-electron chi connectivity index (χ2n) is 6.62. The highest BCUT2D eigenvalue weighted by Crippen LogP contribution is 2.44. The highest BCUT2D eigenvalue weighted by molar-refractivity contribution is 5.33. The molecule has 3 atom stereocenters. The van der Waals surface area contributed by atoms with Crippen molar-refractivity contribution in [3.63, 3.8) is 0 Å². The lowest BCUT2D eigenvalue weighted by molar-refractivity contribution is -0.0950. The lowest BCUT2D eigenvalue weighted by atomic mass is 9.79. The Morgan fingerprint density at radius 2 is 2.04 bits per heavy atom. The Kier molecular flexibility index (Phi) is 5.37. The fraction of sp³-hybridized carbons (Fsp3) is 0.667. The molecule has 0 bridgehead atoms. The number of rotatable bonds is 6. The molecule has 0 N–H and O–H groups in total. The molecule has 0 aromatic heterocycles. The van der Waals surface area contributed by atoms with Crippen LogP contribution < -0.4 is 4.74 Å². The van der Waals surface area contributed by atoms with Gasteiger partial charge in [-0.25, -0.2) is 0 Å². The zero-order chi connectivity index (χ0) is 17.2. The van der Waals surface area contributed by atoms with E-state index in [2.05, 4.69) is 9.64 Å². The van der Waals surface area contributed by atoms with E-state index in [4.69, 9.17) is 9.47 Å². The minimum Gasteiger partial charge on any atom is -0.434 e. The van der Waals surface area contributed by atoms with Crippen LogP contribution in [0.5, 0.6) is 5.75 Å². The number of hydrogen-bond donors (Lipinski definition) is 0. The van der Waals surface area contributed by atoms with E-state index in [1.54, 1.807) is 26.4 Å². The summed E-state index contributed by atoms with van der Waals surface area (Å²) in [5, 5.41) is 0. The zero-order valence-corrected chi connectivity index (χ0v) is 14.2. The van der Waals surface area contributed by atoms with Gasteiger partial charge < -0.3 is 14.2 Å². The van der Waals surface area contributed by atoms with Gasteiger partial charge in [0.15, 0.2) is 0 Å². The molecule has 1 saturated carbocycles. The standard InChI is InChI=1S/C18H25F2NO3/c1-22-14-7-8-18(23-2)9-10-21(16(18)11-14)12-13-5-3-4-6-15(13)24-17(19)20/h3-6,14,16-17H,7-12H2,1-2H3/t14-,16+,18-/m1/s1. The van der Waals surface area contributed by atoms with Gasteiger partial charge in [0.2, 0.25) is 0 Å². The summed E-state index contributed by atoms with van der Waals surface area (Å²) in [6.07, 6.45) is 4.06. The minimum atomic E-state index is -2.81. The minimum absolute atomic E-state index is 0.145. The number of hydrogen-bond acceptors (Lipinski definition) is 4. The van der Waals surface area contributed by atoms with Crippen molar-refractivity contribution in [2.24, 2.45) is 0 Å². The van der Waals surface area contributed by atoms with Gasteiger partial charge in [-0.05, 0) is 31.7 Å². The highest BCUT2D eigenvalue weighted by atomic mass is 19.3. The normalized spacial score (nSPS) is 30.5. The Balaban J connectivity index is 1.78. The van der Waals surface area contributed by atoms with E-state index in [0.29, 0.717) is 6.54 Å². The monoisotopic (exact) mass is 341 g/mol. The average molecular weight is 341 g/mol. The van der Waals surface area contributed by atoms with Crippen molar-refractivity contribution in [3.8, 4) is 5.75 Å². The first-order chi connectivity index (χ1) is 11.6. The van der Waals surface area contributed by atoms with Crippen molar-refractivity contribution in [1.29, 1.82) is 0 Å². The summed E-state index contributed by atoms with van der Waals surface area (Å²) in [6, 6.07) is 7.25. The molecule has 134 valence electrons. The van der Waals surface area contributed by atoms with Gasteiger partial charge in [0.25, 0.3) is 0 Å². The maximum absolute atomic E-state index is 12.6. The Bertz CT molecular complexity index is 557. The molecule has 1 heterocycles. The van der Waals surface area contributed by atoms with Gasteiger partial charge >= 0.3 is 6.61 Å². The number of halogens is 2. The van der Waals surface area contributed by atoms with Crippen molar-refractivity contribution in [2.45, 2.75) is 56.6 Å². The Morgan fingerprint density at radius 1 is 1.25 bits per heavy atom. The predicted molar refractivity (Wildman–Crippen MR) is 86.3 cm³/mol. The molecule has 0 unspecified atom stereocenters. The van der Waals surface area contributed by atoms with Crippen LogP contribution in [0.15, 0.2) is 24.3 Å².